The zero-order valence-corrected chi connectivity index (χ0v) is 8.30. The number of nitrogens with two attached hydrogens (primary N) is 1. The van der Waals surface area contributed by atoms with Gasteiger partial charge in [0, 0.05) is 18.7 Å². The van der Waals surface area contributed by atoms with Gasteiger partial charge in [-0.25, -0.2) is 5.10 Å². The van der Waals surface area contributed by atoms with E-state index in [4.69, 9.17) is 5.73 Å². The van der Waals surface area contributed by atoms with E-state index in [-0.39, 0.29) is 5.91 Å². The molecule has 6 nitrogen and oxygen atoms in total. The molecule has 1 aromatic rings. The number of aromatic nitrogens is 3. The van der Waals surface area contributed by atoms with Gasteiger partial charge in [-0.05, 0) is 5.92 Å². The minimum absolute atomic E-state index is 0.130. The summed E-state index contributed by atoms with van der Waals surface area (Å²) in [6.45, 7) is 0.756. The molecule has 1 aliphatic rings. The molecule has 1 aromatic heterocycles. The maximum absolute atomic E-state index is 10.9. The highest BCUT2D eigenvalue weighted by molar-refractivity contribution is 7.99. The van der Waals surface area contributed by atoms with Gasteiger partial charge < -0.3 is 11.1 Å². The number of carbonyl (C=O) groups is 1. The highest BCUT2D eigenvalue weighted by atomic mass is 32.2. The summed E-state index contributed by atoms with van der Waals surface area (Å²) >= 11 is 1.51. The van der Waals surface area contributed by atoms with Crippen LogP contribution >= 0.6 is 11.8 Å². The fourth-order valence-corrected chi connectivity index (χ4v) is 2.19. The minimum atomic E-state index is 0.130. The summed E-state index contributed by atoms with van der Waals surface area (Å²) in [6, 6.07) is 0. The summed E-state index contributed by atoms with van der Waals surface area (Å²) in [5, 5.41) is 9.88. The number of rotatable bonds is 3. The molecule has 1 fully saturated rings. The number of anilines is 1. The first-order valence-electron chi connectivity index (χ1n) is 4.31. The fourth-order valence-electron chi connectivity index (χ4n) is 1.30. The zero-order chi connectivity index (χ0) is 9.97. The molecule has 0 spiro atoms. The van der Waals surface area contributed by atoms with Gasteiger partial charge in [-0.15, -0.1) is 5.10 Å². The van der Waals surface area contributed by atoms with Crippen molar-refractivity contribution in [3.8, 4) is 0 Å². The maximum atomic E-state index is 10.9. The van der Waals surface area contributed by atoms with E-state index in [0.29, 0.717) is 23.4 Å². The second kappa shape index (κ2) is 3.87. The van der Waals surface area contributed by atoms with Gasteiger partial charge in [0.1, 0.15) is 0 Å². The molecule has 0 saturated carbocycles. The van der Waals surface area contributed by atoms with Crippen LogP contribution in [-0.2, 0) is 4.79 Å². The Morgan fingerprint density at radius 3 is 3.07 bits per heavy atom. The second-order valence-electron chi connectivity index (χ2n) is 3.19. The fraction of sp³-hybridized carbons (Fsp3) is 0.571. The van der Waals surface area contributed by atoms with Crippen LogP contribution in [0, 0.1) is 5.92 Å². The average Bonchev–Trinajstić information content (AvgIpc) is 2.72. The largest absolute Gasteiger partial charge is 0.368 e. The van der Waals surface area contributed by atoms with E-state index in [0.717, 1.165) is 12.3 Å². The van der Waals surface area contributed by atoms with Gasteiger partial charge in [-0.1, -0.05) is 11.8 Å². The SMILES string of the molecule is Nc1nc(SCC2CNC(=O)C2)n[nH]1. The first kappa shape index (κ1) is 9.32. The lowest BCUT2D eigenvalue weighted by molar-refractivity contribution is -0.119. The molecule has 0 aliphatic carbocycles. The van der Waals surface area contributed by atoms with E-state index < -0.39 is 0 Å². The number of aromatic amines is 1. The van der Waals surface area contributed by atoms with Crippen LogP contribution in [0.1, 0.15) is 6.42 Å². The molecule has 1 atom stereocenters. The molecule has 76 valence electrons. The predicted molar refractivity (Wildman–Crippen MR) is 52.6 cm³/mol. The molecule has 1 unspecified atom stereocenters. The number of hydrogen-bond donors (Lipinski definition) is 3. The highest BCUT2D eigenvalue weighted by Crippen LogP contribution is 2.20. The summed E-state index contributed by atoms with van der Waals surface area (Å²) in [4.78, 5) is 14.9. The molecular formula is C7H11N5OS. The molecule has 7 heteroatoms. The summed E-state index contributed by atoms with van der Waals surface area (Å²) in [5.41, 5.74) is 5.38. The number of thioether (sulfide) groups is 1. The van der Waals surface area contributed by atoms with Crippen molar-refractivity contribution in [1.82, 2.24) is 20.5 Å². The summed E-state index contributed by atoms with van der Waals surface area (Å²) in [6.07, 6.45) is 0.604. The van der Waals surface area contributed by atoms with Gasteiger partial charge >= 0.3 is 0 Å². The van der Waals surface area contributed by atoms with Crippen molar-refractivity contribution < 1.29 is 4.79 Å². The number of nitrogens with zero attached hydrogens (tertiary/aromatic N) is 2. The van der Waals surface area contributed by atoms with Gasteiger partial charge in [0.15, 0.2) is 0 Å². The van der Waals surface area contributed by atoms with E-state index in [9.17, 15) is 4.79 Å². The Morgan fingerprint density at radius 2 is 2.50 bits per heavy atom. The average molecular weight is 213 g/mol. The molecule has 1 saturated heterocycles. The summed E-state index contributed by atoms with van der Waals surface area (Å²) in [5.74, 6) is 1.68. The third-order valence-corrected chi connectivity index (χ3v) is 3.07. The molecule has 1 amide bonds. The van der Waals surface area contributed by atoms with Crippen molar-refractivity contribution in [3.05, 3.63) is 0 Å². The third-order valence-electron chi connectivity index (χ3n) is 1.99. The van der Waals surface area contributed by atoms with Crippen LogP contribution in [0.15, 0.2) is 5.16 Å². The second-order valence-corrected chi connectivity index (χ2v) is 4.18. The van der Waals surface area contributed by atoms with Gasteiger partial charge in [0.25, 0.3) is 0 Å². The van der Waals surface area contributed by atoms with Crippen LogP contribution in [0.3, 0.4) is 0 Å². The topological polar surface area (TPSA) is 96.7 Å². The van der Waals surface area contributed by atoms with Crippen LogP contribution in [0.4, 0.5) is 5.95 Å². The number of hydrogen-bond acceptors (Lipinski definition) is 5. The van der Waals surface area contributed by atoms with Crippen molar-refractivity contribution >= 4 is 23.6 Å². The van der Waals surface area contributed by atoms with Crippen LogP contribution in [0.2, 0.25) is 0 Å². The van der Waals surface area contributed by atoms with Gasteiger partial charge in [-0.2, -0.15) is 4.98 Å². The summed E-state index contributed by atoms with van der Waals surface area (Å²) in [7, 11) is 0. The van der Waals surface area contributed by atoms with E-state index in [1.165, 1.54) is 11.8 Å². The van der Waals surface area contributed by atoms with Crippen LogP contribution in [0.25, 0.3) is 0 Å². The standard InChI is InChI=1S/C7H11N5OS/c8-6-10-7(12-11-6)14-3-4-1-5(13)9-2-4/h4H,1-3H2,(H,9,13)(H3,8,10,11,12). The van der Waals surface area contributed by atoms with Crippen molar-refractivity contribution in [3.63, 3.8) is 0 Å². The maximum Gasteiger partial charge on any atom is 0.220 e. The quantitative estimate of drug-likeness (QED) is 0.594. The van der Waals surface area contributed by atoms with Crippen molar-refractivity contribution in [2.75, 3.05) is 18.0 Å². The van der Waals surface area contributed by atoms with Crippen LogP contribution in [0.5, 0.6) is 0 Å². The number of amides is 1. The molecule has 0 bridgehead atoms. The lowest BCUT2D eigenvalue weighted by Crippen LogP contribution is -2.14. The van der Waals surface area contributed by atoms with E-state index >= 15 is 0 Å². The zero-order valence-electron chi connectivity index (χ0n) is 7.49. The first-order chi connectivity index (χ1) is 6.74. The molecule has 2 rings (SSSR count). The Bertz CT molecular complexity index is 339. The van der Waals surface area contributed by atoms with Crippen molar-refractivity contribution in [2.45, 2.75) is 11.6 Å². The van der Waals surface area contributed by atoms with Crippen molar-refractivity contribution in [2.24, 2.45) is 5.92 Å². The monoisotopic (exact) mass is 213 g/mol. The van der Waals surface area contributed by atoms with Crippen LogP contribution < -0.4 is 11.1 Å². The number of carbonyl (C=O) groups excluding carboxylic acids is 1. The van der Waals surface area contributed by atoms with Crippen LogP contribution in [-0.4, -0.2) is 33.4 Å². The molecule has 14 heavy (non-hydrogen) atoms. The smallest absolute Gasteiger partial charge is 0.220 e. The minimum Gasteiger partial charge on any atom is -0.368 e. The van der Waals surface area contributed by atoms with Gasteiger partial charge in [0.2, 0.25) is 17.0 Å². The molecule has 2 heterocycles. The Balaban J connectivity index is 1.80. The van der Waals surface area contributed by atoms with E-state index in [1.54, 1.807) is 0 Å². The highest BCUT2D eigenvalue weighted by Gasteiger charge is 2.21. The van der Waals surface area contributed by atoms with Gasteiger partial charge in [-0.3, -0.25) is 4.79 Å². The summed E-state index contributed by atoms with van der Waals surface area (Å²) < 4.78 is 0. The predicted octanol–water partition coefficient (Wildman–Crippen LogP) is -0.385. The number of nitrogens with one attached hydrogen (secondary N) is 2. The lowest BCUT2D eigenvalue weighted by atomic mass is 10.1. The Morgan fingerprint density at radius 1 is 1.64 bits per heavy atom. The molecule has 1 aliphatic heterocycles. The van der Waals surface area contributed by atoms with Crippen molar-refractivity contribution in [1.29, 1.82) is 0 Å². The van der Waals surface area contributed by atoms with Gasteiger partial charge in [0.05, 0.1) is 0 Å². The molecule has 0 aromatic carbocycles. The van der Waals surface area contributed by atoms with E-state index in [1.807, 2.05) is 0 Å². The Hall–Kier alpha value is -1.24. The molecule has 4 N–H and O–H groups in total. The lowest BCUT2D eigenvalue weighted by Gasteiger charge is -2.02. The normalized spacial score (nSPS) is 21.1. The molecule has 0 radical (unpaired) electrons. The first-order valence-corrected chi connectivity index (χ1v) is 5.30. The number of H-pyrrole nitrogens is 1. The Labute approximate surface area is 85.0 Å². The molecular weight excluding hydrogens is 202 g/mol. The van der Waals surface area contributed by atoms with E-state index in [2.05, 4.69) is 20.5 Å². The Kier molecular flexibility index (Phi) is 2.58. The third kappa shape index (κ3) is 2.16. The number of nitrogen functional groups attached to an aromatic ring is 1.